The van der Waals surface area contributed by atoms with Gasteiger partial charge in [-0.25, -0.2) is 10.2 Å². The number of ether oxygens (including phenoxy) is 1. The molecule has 2 N–H and O–H groups in total. The smallest absolute Gasteiger partial charge is 0.422 e. The van der Waals surface area contributed by atoms with Crippen molar-refractivity contribution in [3.8, 4) is 0 Å². The van der Waals surface area contributed by atoms with E-state index in [1.165, 1.54) is 11.1 Å². The lowest BCUT2D eigenvalue weighted by atomic mass is 10.0. The molecule has 0 aromatic heterocycles. The Morgan fingerprint density at radius 2 is 1.68 bits per heavy atom. The normalized spacial score (nSPS) is 12.9. The monoisotopic (exact) mass is 264 g/mol. The van der Waals surface area contributed by atoms with Gasteiger partial charge in [0.05, 0.1) is 0 Å². The first-order valence-electron chi connectivity index (χ1n) is 6.50. The van der Waals surface area contributed by atoms with E-state index < -0.39 is 11.7 Å². The highest BCUT2D eigenvalue weighted by Gasteiger charge is 2.16. The fourth-order valence-electron chi connectivity index (χ4n) is 1.81. The van der Waals surface area contributed by atoms with E-state index in [-0.39, 0.29) is 6.04 Å². The summed E-state index contributed by atoms with van der Waals surface area (Å²) in [6, 6.07) is 6.34. The van der Waals surface area contributed by atoms with Gasteiger partial charge in [-0.3, -0.25) is 5.43 Å². The van der Waals surface area contributed by atoms with Gasteiger partial charge < -0.3 is 4.74 Å². The second kappa shape index (κ2) is 6.06. The summed E-state index contributed by atoms with van der Waals surface area (Å²) >= 11 is 0. The van der Waals surface area contributed by atoms with Crippen LogP contribution in [0.3, 0.4) is 0 Å². The van der Waals surface area contributed by atoms with Gasteiger partial charge in [0.1, 0.15) is 5.60 Å². The number of rotatable bonds is 3. The molecule has 1 rings (SSSR count). The van der Waals surface area contributed by atoms with Crippen molar-refractivity contribution in [1.82, 2.24) is 10.9 Å². The molecule has 1 aromatic carbocycles. The minimum absolute atomic E-state index is 0.0196. The van der Waals surface area contributed by atoms with Crippen molar-refractivity contribution in [1.29, 1.82) is 0 Å². The van der Waals surface area contributed by atoms with Crippen molar-refractivity contribution >= 4 is 6.09 Å². The molecule has 1 unspecified atom stereocenters. The predicted molar refractivity (Wildman–Crippen MR) is 76.8 cm³/mol. The largest absolute Gasteiger partial charge is 0.443 e. The van der Waals surface area contributed by atoms with Crippen molar-refractivity contribution in [2.45, 2.75) is 53.2 Å². The average molecular weight is 264 g/mol. The maximum absolute atomic E-state index is 11.5. The highest BCUT2D eigenvalue weighted by atomic mass is 16.6. The van der Waals surface area contributed by atoms with Gasteiger partial charge in [0.15, 0.2) is 0 Å². The van der Waals surface area contributed by atoms with Crippen molar-refractivity contribution < 1.29 is 9.53 Å². The zero-order chi connectivity index (χ0) is 14.6. The van der Waals surface area contributed by atoms with Gasteiger partial charge in [0.2, 0.25) is 0 Å². The Kier molecular flexibility index (Phi) is 4.95. The molecule has 19 heavy (non-hydrogen) atoms. The summed E-state index contributed by atoms with van der Waals surface area (Å²) in [5, 5.41) is 0. The Hall–Kier alpha value is -1.55. The summed E-state index contributed by atoms with van der Waals surface area (Å²) < 4.78 is 5.16. The zero-order valence-corrected chi connectivity index (χ0v) is 12.6. The van der Waals surface area contributed by atoms with Gasteiger partial charge in [-0.1, -0.05) is 29.3 Å². The van der Waals surface area contributed by atoms with E-state index in [2.05, 4.69) is 42.9 Å². The molecule has 0 saturated heterocycles. The Labute approximate surface area is 115 Å². The van der Waals surface area contributed by atoms with E-state index in [1.807, 2.05) is 27.7 Å². The van der Waals surface area contributed by atoms with Crippen LogP contribution in [0.15, 0.2) is 18.2 Å². The maximum Gasteiger partial charge on any atom is 0.422 e. The molecule has 1 amide bonds. The van der Waals surface area contributed by atoms with Crippen LogP contribution in [-0.2, 0) is 4.74 Å². The van der Waals surface area contributed by atoms with Gasteiger partial charge >= 0.3 is 6.09 Å². The molecule has 1 atom stereocenters. The highest BCUT2D eigenvalue weighted by Crippen LogP contribution is 2.16. The molecule has 0 heterocycles. The van der Waals surface area contributed by atoms with E-state index in [1.54, 1.807) is 0 Å². The van der Waals surface area contributed by atoms with Crippen molar-refractivity contribution in [3.05, 3.63) is 34.9 Å². The van der Waals surface area contributed by atoms with Gasteiger partial charge in [-0.2, -0.15) is 0 Å². The quantitative estimate of drug-likeness (QED) is 0.823. The number of amides is 1. The predicted octanol–water partition coefficient (Wildman–Crippen LogP) is 3.39. The lowest BCUT2D eigenvalue weighted by molar-refractivity contribution is 0.0489. The summed E-state index contributed by atoms with van der Waals surface area (Å²) in [5.74, 6) is 0. The molecule has 0 fully saturated rings. The lowest BCUT2D eigenvalue weighted by Crippen LogP contribution is -2.42. The highest BCUT2D eigenvalue weighted by molar-refractivity contribution is 5.67. The molecule has 0 spiro atoms. The van der Waals surface area contributed by atoms with Crippen molar-refractivity contribution in [2.24, 2.45) is 0 Å². The number of carbonyl (C=O) groups is 1. The Morgan fingerprint density at radius 3 is 2.16 bits per heavy atom. The molecule has 0 aliphatic rings. The minimum Gasteiger partial charge on any atom is -0.443 e. The first-order valence-corrected chi connectivity index (χ1v) is 6.50. The van der Waals surface area contributed by atoms with Crippen LogP contribution in [0.5, 0.6) is 0 Å². The Bertz CT molecular complexity index is 430. The number of hydrazine groups is 1. The summed E-state index contributed by atoms with van der Waals surface area (Å²) in [5.41, 5.74) is 8.58. The summed E-state index contributed by atoms with van der Waals surface area (Å²) in [6.07, 6.45) is -0.469. The summed E-state index contributed by atoms with van der Waals surface area (Å²) in [7, 11) is 0. The van der Waals surface area contributed by atoms with E-state index >= 15 is 0 Å². The van der Waals surface area contributed by atoms with Gasteiger partial charge in [-0.05, 0) is 47.1 Å². The number of hydrogen-bond donors (Lipinski definition) is 2. The topological polar surface area (TPSA) is 50.4 Å². The number of benzene rings is 1. The maximum atomic E-state index is 11.5. The lowest BCUT2D eigenvalue weighted by Gasteiger charge is -2.21. The molecule has 0 bridgehead atoms. The molecule has 0 saturated carbocycles. The van der Waals surface area contributed by atoms with Crippen LogP contribution in [0.2, 0.25) is 0 Å². The van der Waals surface area contributed by atoms with Gasteiger partial charge in [0.25, 0.3) is 0 Å². The standard InChI is InChI=1S/C15H24N2O2/c1-10-7-11(2)9-13(8-10)12(3)16-17-14(18)19-15(4,5)6/h7-9,12,16H,1-6H3,(H,17,18). The molecule has 1 aromatic rings. The number of nitrogens with one attached hydrogen (secondary N) is 2. The van der Waals surface area contributed by atoms with E-state index in [9.17, 15) is 4.79 Å². The third-order valence-electron chi connectivity index (χ3n) is 2.53. The average Bonchev–Trinajstić information content (AvgIpc) is 2.22. The molecule has 0 radical (unpaired) electrons. The summed E-state index contributed by atoms with van der Waals surface area (Å²) in [6.45, 7) is 11.6. The first kappa shape index (κ1) is 15.5. The fraction of sp³-hybridized carbons (Fsp3) is 0.533. The third-order valence-corrected chi connectivity index (χ3v) is 2.53. The van der Waals surface area contributed by atoms with Crippen molar-refractivity contribution in [2.75, 3.05) is 0 Å². The summed E-state index contributed by atoms with van der Waals surface area (Å²) in [4.78, 5) is 11.5. The van der Waals surface area contributed by atoms with Crippen molar-refractivity contribution in [3.63, 3.8) is 0 Å². The van der Waals surface area contributed by atoms with Gasteiger partial charge in [0, 0.05) is 6.04 Å². The van der Waals surface area contributed by atoms with E-state index in [4.69, 9.17) is 4.74 Å². The molecule has 0 aliphatic carbocycles. The van der Waals surface area contributed by atoms with Crippen LogP contribution >= 0.6 is 0 Å². The molecule has 4 heteroatoms. The number of carbonyl (C=O) groups excluding carboxylic acids is 1. The van der Waals surface area contributed by atoms with Crippen LogP contribution in [0, 0.1) is 13.8 Å². The fourth-order valence-corrected chi connectivity index (χ4v) is 1.81. The van der Waals surface area contributed by atoms with Gasteiger partial charge in [-0.15, -0.1) is 0 Å². The molecular formula is C15H24N2O2. The Balaban J connectivity index is 2.56. The molecule has 4 nitrogen and oxygen atoms in total. The van der Waals surface area contributed by atoms with E-state index in [0.29, 0.717) is 0 Å². The number of aryl methyl sites for hydroxylation is 2. The second-order valence-corrected chi connectivity index (χ2v) is 5.91. The zero-order valence-electron chi connectivity index (χ0n) is 12.6. The SMILES string of the molecule is Cc1cc(C)cc(C(C)NNC(=O)OC(C)(C)C)c1. The van der Waals surface area contributed by atoms with Crippen LogP contribution in [-0.4, -0.2) is 11.7 Å². The van der Waals surface area contributed by atoms with E-state index in [0.717, 1.165) is 5.56 Å². The Morgan fingerprint density at radius 1 is 1.16 bits per heavy atom. The van der Waals surface area contributed by atoms with Crippen LogP contribution < -0.4 is 10.9 Å². The van der Waals surface area contributed by atoms with Crippen LogP contribution in [0.4, 0.5) is 4.79 Å². The minimum atomic E-state index is -0.491. The molecular weight excluding hydrogens is 240 g/mol. The third kappa shape index (κ3) is 5.75. The molecule has 0 aliphatic heterocycles. The van der Waals surface area contributed by atoms with Crippen LogP contribution in [0.1, 0.15) is 50.4 Å². The number of hydrogen-bond acceptors (Lipinski definition) is 3. The first-order chi connectivity index (χ1) is 8.67. The molecule has 106 valence electrons. The van der Waals surface area contributed by atoms with Crippen LogP contribution in [0.25, 0.3) is 0 Å². The second-order valence-electron chi connectivity index (χ2n) is 5.91.